The number of anilines is 1. The highest BCUT2D eigenvalue weighted by Gasteiger charge is 2.21. The minimum absolute atomic E-state index is 0.0727. The highest BCUT2D eigenvalue weighted by atomic mass is 79.9. The van der Waals surface area contributed by atoms with E-state index in [1.807, 2.05) is 0 Å². The van der Waals surface area contributed by atoms with Crippen molar-refractivity contribution in [3.8, 4) is 0 Å². The maximum Gasteiger partial charge on any atom is 0.337 e. The molecule has 0 bridgehead atoms. The van der Waals surface area contributed by atoms with Crippen LogP contribution < -0.4 is 5.32 Å². The summed E-state index contributed by atoms with van der Waals surface area (Å²) in [6, 6.07) is 0.567. The lowest BCUT2D eigenvalue weighted by atomic mass is 10.1. The van der Waals surface area contributed by atoms with Crippen LogP contribution in [0.1, 0.15) is 10.4 Å². The summed E-state index contributed by atoms with van der Waals surface area (Å²) in [5.41, 5.74) is -0.590. The minimum Gasteiger partial charge on any atom is -0.478 e. The minimum atomic E-state index is -1.42. The van der Waals surface area contributed by atoms with Crippen LogP contribution in [0.3, 0.4) is 0 Å². The van der Waals surface area contributed by atoms with Gasteiger partial charge < -0.3 is 15.5 Å². The zero-order valence-electron chi connectivity index (χ0n) is 8.88. The summed E-state index contributed by atoms with van der Waals surface area (Å²) in [6.07, 6.45) is -0.937. The number of aromatic carboxylic acids is 1. The number of nitrogens with one attached hydrogen (secondary N) is 1. The van der Waals surface area contributed by atoms with Crippen molar-refractivity contribution in [3.05, 3.63) is 27.7 Å². The summed E-state index contributed by atoms with van der Waals surface area (Å²) < 4.78 is 26.0. The molecule has 0 saturated heterocycles. The molecule has 1 atom stereocenters. The van der Waals surface area contributed by atoms with E-state index < -0.39 is 29.3 Å². The highest BCUT2D eigenvalue weighted by molar-refractivity contribution is 9.10. The molecule has 0 aromatic heterocycles. The molecule has 1 unspecified atom stereocenters. The molecule has 3 N–H and O–H groups in total. The van der Waals surface area contributed by atoms with Crippen LogP contribution in [0.4, 0.5) is 14.5 Å². The second-order valence-corrected chi connectivity index (χ2v) is 4.50. The Morgan fingerprint density at radius 1 is 1.56 bits per heavy atom. The number of rotatable bonds is 5. The number of aliphatic hydroxyl groups excluding tert-OH is 1. The number of halogens is 4. The topological polar surface area (TPSA) is 69.6 Å². The fraction of sp³-hybridized carbons (Fsp3) is 0.300. The van der Waals surface area contributed by atoms with Gasteiger partial charge in [0, 0.05) is 6.54 Å². The molecule has 0 aliphatic rings. The summed E-state index contributed by atoms with van der Waals surface area (Å²) in [4.78, 5) is 10.9. The molecule has 0 aliphatic heterocycles. The maximum atomic E-state index is 13.3. The fourth-order valence-electron chi connectivity index (χ4n) is 1.21. The number of carbonyl (C=O) groups is 1. The first kappa shape index (κ1) is 15.1. The number of aliphatic hydroxyl groups is 1. The summed E-state index contributed by atoms with van der Waals surface area (Å²) >= 11 is 8.13. The van der Waals surface area contributed by atoms with E-state index in [1.54, 1.807) is 0 Å². The molecule has 8 heteroatoms. The number of carboxylic acid groups (broad SMARTS) is 1. The van der Waals surface area contributed by atoms with Gasteiger partial charge in [-0.2, -0.15) is 0 Å². The maximum absolute atomic E-state index is 13.3. The lowest BCUT2D eigenvalue weighted by Gasteiger charge is -2.14. The second kappa shape index (κ2) is 6.31. The van der Waals surface area contributed by atoms with E-state index >= 15 is 0 Å². The van der Waals surface area contributed by atoms with Crippen LogP contribution in [0.25, 0.3) is 0 Å². The van der Waals surface area contributed by atoms with Gasteiger partial charge in [0.05, 0.1) is 27.7 Å². The average molecular weight is 345 g/mol. The molecule has 1 rings (SSSR count). The van der Waals surface area contributed by atoms with Crippen molar-refractivity contribution in [1.29, 1.82) is 0 Å². The summed E-state index contributed by atoms with van der Waals surface area (Å²) in [5, 5.41) is 20.6. The highest BCUT2D eigenvalue weighted by Crippen LogP contribution is 2.31. The van der Waals surface area contributed by atoms with Crippen molar-refractivity contribution in [2.24, 2.45) is 0 Å². The molecule has 0 fully saturated rings. The molecule has 100 valence electrons. The monoisotopic (exact) mass is 343 g/mol. The Hall–Kier alpha value is -0.920. The lowest BCUT2D eigenvalue weighted by molar-refractivity contribution is 0.0697. The van der Waals surface area contributed by atoms with E-state index in [2.05, 4.69) is 21.2 Å². The predicted octanol–water partition coefficient (Wildman–Crippen LogP) is 2.44. The van der Waals surface area contributed by atoms with Gasteiger partial charge in [-0.15, -0.1) is 11.6 Å². The number of hydrogen-bond acceptors (Lipinski definition) is 3. The van der Waals surface area contributed by atoms with Crippen molar-refractivity contribution in [1.82, 2.24) is 0 Å². The van der Waals surface area contributed by atoms with Gasteiger partial charge in [-0.05, 0) is 22.0 Å². The van der Waals surface area contributed by atoms with Crippen molar-refractivity contribution >= 4 is 39.2 Å². The molecular weight excluding hydrogens is 335 g/mol. The number of hydrogen-bond donors (Lipinski definition) is 3. The Bertz CT molecular complexity index is 473. The van der Waals surface area contributed by atoms with Gasteiger partial charge in [0.1, 0.15) is 0 Å². The first-order valence-electron chi connectivity index (χ1n) is 4.77. The molecule has 0 spiro atoms. The van der Waals surface area contributed by atoms with Gasteiger partial charge in [-0.3, -0.25) is 0 Å². The van der Waals surface area contributed by atoms with Gasteiger partial charge >= 0.3 is 5.97 Å². The van der Waals surface area contributed by atoms with E-state index in [0.29, 0.717) is 6.07 Å². The molecular formula is C10H9BrClF2NO3. The van der Waals surface area contributed by atoms with Gasteiger partial charge in [0.2, 0.25) is 0 Å². The van der Waals surface area contributed by atoms with E-state index in [0.717, 1.165) is 0 Å². The Kier molecular flexibility index (Phi) is 5.30. The number of carboxylic acids is 1. The number of alkyl halides is 1. The van der Waals surface area contributed by atoms with Gasteiger partial charge in [0.15, 0.2) is 11.6 Å². The van der Waals surface area contributed by atoms with Gasteiger partial charge in [0.25, 0.3) is 0 Å². The first-order chi connectivity index (χ1) is 8.38. The SMILES string of the molecule is O=C(O)c1cc(F)c(F)c(Br)c1NCC(O)CCl. The third kappa shape index (κ3) is 3.30. The zero-order chi connectivity index (χ0) is 13.9. The van der Waals surface area contributed by atoms with Crippen LogP contribution >= 0.6 is 27.5 Å². The number of benzene rings is 1. The van der Waals surface area contributed by atoms with Crippen LogP contribution in [0.5, 0.6) is 0 Å². The summed E-state index contributed by atoms with van der Waals surface area (Å²) in [5.74, 6) is -3.97. The Morgan fingerprint density at radius 2 is 2.17 bits per heavy atom. The van der Waals surface area contributed by atoms with Crippen LogP contribution in [-0.4, -0.2) is 34.7 Å². The van der Waals surface area contributed by atoms with E-state index in [4.69, 9.17) is 16.7 Å². The fourth-order valence-corrected chi connectivity index (χ4v) is 1.86. The summed E-state index contributed by atoms with van der Waals surface area (Å²) in [7, 11) is 0. The standard InChI is InChI=1S/C10H9BrClF2NO3/c11-7-8(14)6(13)1-5(10(17)18)9(7)15-3-4(16)2-12/h1,4,15-16H,2-3H2,(H,17,18). The second-order valence-electron chi connectivity index (χ2n) is 3.40. The van der Waals surface area contributed by atoms with E-state index in [9.17, 15) is 18.7 Å². The van der Waals surface area contributed by atoms with Crippen LogP contribution in [0.2, 0.25) is 0 Å². The van der Waals surface area contributed by atoms with Crippen molar-refractivity contribution in [3.63, 3.8) is 0 Å². The predicted molar refractivity (Wildman–Crippen MR) is 66.2 cm³/mol. The third-order valence-corrected chi connectivity index (χ3v) is 3.19. The molecule has 0 heterocycles. The quantitative estimate of drug-likeness (QED) is 0.567. The van der Waals surface area contributed by atoms with Crippen LogP contribution in [0.15, 0.2) is 10.5 Å². The molecule has 0 amide bonds. The van der Waals surface area contributed by atoms with E-state index in [-0.39, 0.29) is 22.6 Å². The molecule has 1 aromatic carbocycles. The Morgan fingerprint density at radius 3 is 2.67 bits per heavy atom. The normalized spacial score (nSPS) is 12.3. The zero-order valence-corrected chi connectivity index (χ0v) is 11.2. The largest absolute Gasteiger partial charge is 0.478 e. The first-order valence-corrected chi connectivity index (χ1v) is 6.10. The van der Waals surface area contributed by atoms with Crippen LogP contribution in [0, 0.1) is 11.6 Å². The Labute approximate surface area is 115 Å². The molecule has 0 saturated carbocycles. The summed E-state index contributed by atoms with van der Waals surface area (Å²) in [6.45, 7) is -0.0898. The third-order valence-electron chi connectivity index (χ3n) is 2.09. The van der Waals surface area contributed by atoms with Gasteiger partial charge in [-0.1, -0.05) is 0 Å². The lowest BCUT2D eigenvalue weighted by Crippen LogP contribution is -2.22. The van der Waals surface area contributed by atoms with Crippen molar-refractivity contribution in [2.45, 2.75) is 6.10 Å². The molecule has 4 nitrogen and oxygen atoms in total. The molecule has 0 aliphatic carbocycles. The molecule has 0 radical (unpaired) electrons. The molecule has 1 aromatic rings. The Balaban J connectivity index is 3.15. The van der Waals surface area contributed by atoms with E-state index in [1.165, 1.54) is 0 Å². The van der Waals surface area contributed by atoms with Gasteiger partial charge in [-0.25, -0.2) is 13.6 Å². The van der Waals surface area contributed by atoms with Crippen molar-refractivity contribution in [2.75, 3.05) is 17.7 Å². The smallest absolute Gasteiger partial charge is 0.337 e. The average Bonchev–Trinajstić information content (AvgIpc) is 2.33. The van der Waals surface area contributed by atoms with Crippen LogP contribution in [-0.2, 0) is 0 Å². The molecule has 18 heavy (non-hydrogen) atoms. The van der Waals surface area contributed by atoms with Crippen molar-refractivity contribution < 1.29 is 23.8 Å².